The van der Waals surface area contributed by atoms with Gasteiger partial charge >= 0.3 is 0 Å². The first-order chi connectivity index (χ1) is 9.42. The van der Waals surface area contributed by atoms with Gasteiger partial charge in [0.1, 0.15) is 4.90 Å². The fourth-order valence-corrected chi connectivity index (χ4v) is 4.24. The molecule has 0 fully saturated rings. The lowest BCUT2D eigenvalue weighted by Gasteiger charge is -2.10. The molecular formula is C13H13BrN2O2S2. The second kappa shape index (κ2) is 6.07. The Labute approximate surface area is 130 Å². The standard InChI is InChI=1S/C13H13BrN2O2S2/c1-19-11-4-2-3-10(8-11)16-20(17,18)13-6-5-9(15)7-12(13)14/h2-8,16H,15H2,1H3. The van der Waals surface area contributed by atoms with E-state index in [2.05, 4.69) is 20.7 Å². The van der Waals surface area contributed by atoms with E-state index >= 15 is 0 Å². The van der Waals surface area contributed by atoms with Crippen molar-refractivity contribution < 1.29 is 8.42 Å². The lowest BCUT2D eigenvalue weighted by atomic mass is 10.3. The third-order valence-electron chi connectivity index (χ3n) is 2.57. The minimum atomic E-state index is -3.65. The average molecular weight is 373 g/mol. The molecule has 2 aromatic rings. The number of rotatable bonds is 4. The van der Waals surface area contributed by atoms with Gasteiger partial charge in [-0.2, -0.15) is 0 Å². The van der Waals surface area contributed by atoms with Crippen molar-refractivity contribution in [2.24, 2.45) is 0 Å². The maximum atomic E-state index is 12.3. The summed E-state index contributed by atoms with van der Waals surface area (Å²) < 4.78 is 27.7. The highest BCUT2D eigenvalue weighted by molar-refractivity contribution is 9.10. The Morgan fingerprint density at radius 2 is 1.95 bits per heavy atom. The summed E-state index contributed by atoms with van der Waals surface area (Å²) in [6, 6.07) is 11.8. The molecule has 20 heavy (non-hydrogen) atoms. The lowest BCUT2D eigenvalue weighted by Crippen LogP contribution is -2.13. The smallest absolute Gasteiger partial charge is 0.263 e. The van der Waals surface area contributed by atoms with Gasteiger partial charge < -0.3 is 5.73 Å². The van der Waals surface area contributed by atoms with Crippen molar-refractivity contribution in [3.8, 4) is 0 Å². The number of thioether (sulfide) groups is 1. The van der Waals surface area contributed by atoms with Crippen molar-refractivity contribution in [2.45, 2.75) is 9.79 Å². The first kappa shape index (κ1) is 15.2. The molecule has 3 N–H and O–H groups in total. The summed E-state index contributed by atoms with van der Waals surface area (Å²) in [6.45, 7) is 0. The fraction of sp³-hybridized carbons (Fsp3) is 0.0769. The number of nitrogens with one attached hydrogen (secondary N) is 1. The third-order valence-corrected chi connectivity index (χ3v) is 5.65. The summed E-state index contributed by atoms with van der Waals surface area (Å²) in [5.74, 6) is 0. The second-order valence-corrected chi connectivity index (χ2v) is 7.41. The molecule has 4 nitrogen and oxygen atoms in total. The van der Waals surface area contributed by atoms with E-state index in [0.29, 0.717) is 15.8 Å². The summed E-state index contributed by atoms with van der Waals surface area (Å²) in [7, 11) is -3.65. The van der Waals surface area contributed by atoms with Gasteiger partial charge in [-0.05, 0) is 58.6 Å². The molecule has 0 bridgehead atoms. The Balaban J connectivity index is 2.35. The van der Waals surface area contributed by atoms with Crippen LogP contribution in [0.5, 0.6) is 0 Å². The molecular weight excluding hydrogens is 360 g/mol. The van der Waals surface area contributed by atoms with Gasteiger partial charge in [-0.15, -0.1) is 11.8 Å². The zero-order valence-electron chi connectivity index (χ0n) is 10.6. The van der Waals surface area contributed by atoms with Gasteiger partial charge in [0, 0.05) is 20.7 Å². The van der Waals surface area contributed by atoms with Gasteiger partial charge in [-0.3, -0.25) is 4.72 Å². The maximum Gasteiger partial charge on any atom is 0.263 e. The number of hydrogen-bond donors (Lipinski definition) is 2. The predicted octanol–water partition coefficient (Wildman–Crippen LogP) is 3.55. The van der Waals surface area contributed by atoms with Gasteiger partial charge in [0.15, 0.2) is 0 Å². The third kappa shape index (κ3) is 3.47. The van der Waals surface area contributed by atoms with Crippen molar-refractivity contribution in [3.05, 3.63) is 46.9 Å². The summed E-state index contributed by atoms with van der Waals surface area (Å²) in [6.07, 6.45) is 1.93. The first-order valence-electron chi connectivity index (χ1n) is 5.64. The highest BCUT2D eigenvalue weighted by Gasteiger charge is 2.17. The number of hydrogen-bond acceptors (Lipinski definition) is 4. The quantitative estimate of drug-likeness (QED) is 0.635. The molecule has 0 unspecified atom stereocenters. The molecule has 0 spiro atoms. The summed E-state index contributed by atoms with van der Waals surface area (Å²) in [5, 5.41) is 0. The van der Waals surface area contributed by atoms with E-state index in [1.807, 2.05) is 18.4 Å². The monoisotopic (exact) mass is 372 g/mol. The number of sulfonamides is 1. The molecule has 0 heterocycles. The van der Waals surface area contributed by atoms with E-state index in [9.17, 15) is 8.42 Å². The lowest BCUT2D eigenvalue weighted by molar-refractivity contribution is 0.601. The first-order valence-corrected chi connectivity index (χ1v) is 9.14. The predicted molar refractivity (Wildman–Crippen MR) is 87.6 cm³/mol. The molecule has 0 aliphatic rings. The molecule has 2 aromatic carbocycles. The molecule has 0 saturated carbocycles. The Hall–Kier alpha value is -1.18. The van der Waals surface area contributed by atoms with E-state index in [-0.39, 0.29) is 4.90 Å². The SMILES string of the molecule is CSc1cccc(NS(=O)(=O)c2ccc(N)cc2Br)c1. The van der Waals surface area contributed by atoms with E-state index < -0.39 is 10.0 Å². The number of nitrogens with two attached hydrogens (primary N) is 1. The van der Waals surface area contributed by atoms with Crippen LogP contribution in [-0.2, 0) is 10.0 Å². The molecule has 2 rings (SSSR count). The number of benzene rings is 2. The van der Waals surface area contributed by atoms with Crippen LogP contribution < -0.4 is 10.5 Å². The summed E-state index contributed by atoms with van der Waals surface area (Å²) in [5.41, 5.74) is 6.64. The van der Waals surface area contributed by atoms with Gasteiger partial charge in [-0.1, -0.05) is 6.07 Å². The van der Waals surface area contributed by atoms with Crippen molar-refractivity contribution >= 4 is 49.1 Å². The number of anilines is 2. The van der Waals surface area contributed by atoms with Gasteiger partial charge in [0.25, 0.3) is 10.0 Å². The topological polar surface area (TPSA) is 72.2 Å². The Bertz CT molecular complexity index is 733. The molecule has 106 valence electrons. The molecule has 0 atom stereocenters. The molecule has 0 saturated heterocycles. The second-order valence-electron chi connectivity index (χ2n) is 4.03. The highest BCUT2D eigenvalue weighted by Crippen LogP contribution is 2.27. The van der Waals surface area contributed by atoms with Crippen molar-refractivity contribution in [2.75, 3.05) is 16.7 Å². The van der Waals surface area contributed by atoms with Gasteiger partial charge in [0.05, 0.1) is 0 Å². The van der Waals surface area contributed by atoms with E-state index in [0.717, 1.165) is 4.90 Å². The van der Waals surface area contributed by atoms with Crippen molar-refractivity contribution in [3.63, 3.8) is 0 Å². The molecule has 7 heteroatoms. The number of halogens is 1. The van der Waals surface area contributed by atoms with Crippen LogP contribution in [0.2, 0.25) is 0 Å². The molecule has 0 aromatic heterocycles. The highest BCUT2D eigenvalue weighted by atomic mass is 79.9. The zero-order valence-corrected chi connectivity index (χ0v) is 13.8. The van der Waals surface area contributed by atoms with E-state index in [4.69, 9.17) is 5.73 Å². The molecule has 0 aliphatic heterocycles. The van der Waals surface area contributed by atoms with Crippen LogP contribution >= 0.6 is 27.7 Å². The minimum Gasteiger partial charge on any atom is -0.399 e. The normalized spacial score (nSPS) is 11.3. The number of nitrogen functional groups attached to an aromatic ring is 1. The van der Waals surface area contributed by atoms with E-state index in [1.165, 1.54) is 6.07 Å². The van der Waals surface area contributed by atoms with E-state index in [1.54, 1.807) is 36.0 Å². The zero-order chi connectivity index (χ0) is 14.8. The fourth-order valence-electron chi connectivity index (χ4n) is 1.63. The van der Waals surface area contributed by atoms with Gasteiger partial charge in [-0.25, -0.2) is 8.42 Å². The van der Waals surface area contributed by atoms with Gasteiger partial charge in [0.2, 0.25) is 0 Å². The van der Waals surface area contributed by atoms with Crippen molar-refractivity contribution in [1.82, 2.24) is 0 Å². The van der Waals surface area contributed by atoms with Crippen LogP contribution in [0.3, 0.4) is 0 Å². The largest absolute Gasteiger partial charge is 0.399 e. The Kier molecular flexibility index (Phi) is 4.62. The van der Waals surface area contributed by atoms with Crippen LogP contribution in [0.25, 0.3) is 0 Å². The summed E-state index contributed by atoms with van der Waals surface area (Å²) in [4.78, 5) is 1.14. The van der Waals surface area contributed by atoms with Crippen LogP contribution in [0, 0.1) is 0 Å². The van der Waals surface area contributed by atoms with Crippen LogP contribution in [0.4, 0.5) is 11.4 Å². The molecule has 0 amide bonds. The average Bonchev–Trinajstić information content (AvgIpc) is 2.37. The molecule has 0 radical (unpaired) electrons. The van der Waals surface area contributed by atoms with Crippen LogP contribution in [0.15, 0.2) is 56.7 Å². The maximum absolute atomic E-state index is 12.3. The van der Waals surface area contributed by atoms with Crippen molar-refractivity contribution in [1.29, 1.82) is 0 Å². The summed E-state index contributed by atoms with van der Waals surface area (Å²) >= 11 is 4.77. The Morgan fingerprint density at radius 3 is 2.60 bits per heavy atom. The van der Waals surface area contributed by atoms with Crippen LogP contribution in [-0.4, -0.2) is 14.7 Å². The minimum absolute atomic E-state index is 0.154. The Morgan fingerprint density at radius 1 is 1.20 bits per heavy atom. The van der Waals surface area contributed by atoms with Crippen LogP contribution in [0.1, 0.15) is 0 Å². The molecule has 0 aliphatic carbocycles.